The fraction of sp³-hybridized carbons (Fsp3) is 0.423. The average molecular weight is 1420 g/mol. The molecule has 0 amide bonds. The summed E-state index contributed by atoms with van der Waals surface area (Å²) in [6.45, 7) is 77.7. The highest BCUT2D eigenvalue weighted by Gasteiger charge is 2.35. The Kier molecular flexibility index (Phi) is 19.1. The first-order chi connectivity index (χ1) is 49.0. The van der Waals surface area contributed by atoms with E-state index in [0.29, 0.717) is 0 Å². The van der Waals surface area contributed by atoms with Gasteiger partial charge in [-0.2, -0.15) is 0 Å². The SMILES string of the molecule is CC(C)(C)c1cc(-c2cccc3c2c2c(C(C)(C)C)c(-n4c5ccccc5c5ccccc54)ccc2n3-c2cc(C(C)(C)C)cc(C(C)(C)C)c2)cc(C(C)(C)C)c1.CC(C)(C)c1cc(-c2cccc3c2c2c(C(C)(C)C)c(C(C)(C)C)ccc2n3-c2cc(C(C)(C)C)cc(C(C)(C)C)c2)cc(C(C)(C)C)c1. The van der Waals surface area contributed by atoms with E-state index in [-0.39, 0.29) is 59.6 Å². The minimum absolute atomic E-state index is 0.00270. The molecule has 0 bridgehead atoms. The molecule has 3 aromatic heterocycles. The van der Waals surface area contributed by atoms with Crippen LogP contribution in [0.2, 0.25) is 0 Å². The normalized spacial score (nSPS) is 13.7. The summed E-state index contributed by atoms with van der Waals surface area (Å²) in [7, 11) is 0. The minimum atomic E-state index is -0.207. The maximum atomic E-state index is 2.59. The van der Waals surface area contributed by atoms with Gasteiger partial charge in [-0.05, 0) is 210 Å². The van der Waals surface area contributed by atoms with Crippen molar-refractivity contribution in [3.63, 3.8) is 0 Å². The van der Waals surface area contributed by atoms with Crippen LogP contribution >= 0.6 is 0 Å². The highest BCUT2D eigenvalue weighted by Crippen LogP contribution is 2.52. The second kappa shape index (κ2) is 26.2. The molecule has 0 aliphatic heterocycles. The van der Waals surface area contributed by atoms with Crippen molar-refractivity contribution >= 4 is 65.4 Å². The van der Waals surface area contributed by atoms with E-state index in [9.17, 15) is 0 Å². The van der Waals surface area contributed by atoms with Gasteiger partial charge in [-0.15, -0.1) is 0 Å². The molecular weight excluding hydrogens is 1290 g/mol. The van der Waals surface area contributed by atoms with Crippen LogP contribution in [-0.4, -0.2) is 13.7 Å². The molecule has 3 nitrogen and oxygen atoms in total. The lowest BCUT2D eigenvalue weighted by Gasteiger charge is -2.31. The van der Waals surface area contributed by atoms with Crippen LogP contribution in [0.1, 0.15) is 290 Å². The number of hydrogen-bond acceptors (Lipinski definition) is 0. The largest absolute Gasteiger partial charge is 0.309 e. The Morgan fingerprint density at radius 3 is 0.766 bits per heavy atom. The predicted octanol–water partition coefficient (Wildman–Crippen LogP) is 30.3. The Hall–Kier alpha value is -8.40. The van der Waals surface area contributed by atoms with Gasteiger partial charge >= 0.3 is 0 Å². The van der Waals surface area contributed by atoms with Crippen LogP contribution in [0.4, 0.5) is 0 Å². The van der Waals surface area contributed by atoms with Crippen molar-refractivity contribution in [2.45, 2.75) is 288 Å². The Bertz CT molecular complexity index is 5430. The zero-order chi connectivity index (χ0) is 78.8. The quantitative estimate of drug-likeness (QED) is 0.163. The van der Waals surface area contributed by atoms with Crippen molar-refractivity contribution in [1.29, 1.82) is 0 Å². The molecule has 3 heterocycles. The zero-order valence-electron chi connectivity index (χ0n) is 72.2. The first-order valence-electron chi connectivity index (χ1n) is 39.9. The van der Waals surface area contributed by atoms with Crippen molar-refractivity contribution in [2.24, 2.45) is 0 Å². The second-order valence-corrected chi connectivity index (χ2v) is 43.1. The Balaban J connectivity index is 0.000000203. The average Bonchev–Trinajstić information content (AvgIpc) is 1.58. The van der Waals surface area contributed by atoms with Crippen molar-refractivity contribution in [3.05, 3.63) is 243 Å². The van der Waals surface area contributed by atoms with Gasteiger partial charge in [-0.25, -0.2) is 0 Å². The molecule has 0 unspecified atom stereocenters. The molecule has 0 aliphatic rings. The maximum Gasteiger partial charge on any atom is 0.0547 e. The van der Waals surface area contributed by atoms with Crippen molar-refractivity contribution in [3.8, 4) is 39.3 Å². The van der Waals surface area contributed by atoms with Crippen molar-refractivity contribution in [2.75, 3.05) is 0 Å². The number of para-hydroxylation sites is 2. The molecule has 0 spiro atoms. The highest BCUT2D eigenvalue weighted by molar-refractivity contribution is 6.20. The Morgan fingerprint density at radius 2 is 0.467 bits per heavy atom. The molecule has 10 aromatic carbocycles. The summed E-state index contributed by atoms with van der Waals surface area (Å²) in [6.07, 6.45) is 0. The lowest BCUT2D eigenvalue weighted by atomic mass is 9.73. The first-order valence-corrected chi connectivity index (χ1v) is 39.9. The first kappa shape index (κ1) is 78.2. The second-order valence-electron chi connectivity index (χ2n) is 43.1. The van der Waals surface area contributed by atoms with Gasteiger partial charge in [0.05, 0.1) is 38.8 Å². The number of aromatic nitrogens is 3. The maximum absolute atomic E-state index is 2.59. The summed E-state index contributed by atoms with van der Waals surface area (Å²) >= 11 is 0. The molecule has 0 fully saturated rings. The standard InChI is InChI=1S/C56H64N2.C48H65N/c1-52(2,3)36-29-35(30-37(31-36)53(4,5)6)41-23-20-26-46-49(41)50-47(57(46)40-33-38(54(7,8)9)32-39(34-40)55(10,11)12)27-28-48(51(50)56(13,14)15)58-44-24-18-16-21-42(44)43-22-17-19-25-45(43)58;1-43(2,3)31-24-30(25-32(26-31)44(4,5)6)36-20-19-21-38-40(36)41-39(23-22-37(47(13,14)15)42(41)48(16,17)18)49(38)35-28-33(45(7,8)9)27-34(29-35)46(10,11)12/h16-34H,1-15H3;19-29H,1-18H3. The van der Waals surface area contributed by atoms with E-state index in [4.69, 9.17) is 0 Å². The molecule has 13 aromatic rings. The van der Waals surface area contributed by atoms with Gasteiger partial charge < -0.3 is 13.7 Å². The van der Waals surface area contributed by atoms with E-state index in [1.54, 1.807) is 0 Å². The van der Waals surface area contributed by atoms with Crippen molar-refractivity contribution < 1.29 is 0 Å². The number of rotatable bonds is 5. The molecule has 0 saturated carbocycles. The summed E-state index contributed by atoms with van der Waals surface area (Å²) in [4.78, 5) is 0. The number of nitrogens with zero attached hydrogens (tertiary/aromatic N) is 3. The Morgan fingerprint density at radius 1 is 0.196 bits per heavy atom. The summed E-state index contributed by atoms with van der Waals surface area (Å²) in [5.41, 5.74) is 31.4. The summed E-state index contributed by atoms with van der Waals surface area (Å²) in [5, 5.41) is 7.95. The van der Waals surface area contributed by atoms with E-state index in [2.05, 4.69) is 424 Å². The smallest absolute Gasteiger partial charge is 0.0547 e. The molecule has 0 saturated heterocycles. The number of hydrogen-bond donors (Lipinski definition) is 0. The Labute approximate surface area is 645 Å². The number of benzene rings is 10. The fourth-order valence-electron chi connectivity index (χ4n) is 16.4. The van der Waals surface area contributed by atoms with Crippen LogP contribution in [0, 0.1) is 0 Å². The molecule has 0 radical (unpaired) electrons. The molecule has 0 N–H and O–H groups in total. The van der Waals surface area contributed by atoms with Crippen LogP contribution in [0.3, 0.4) is 0 Å². The van der Waals surface area contributed by atoms with Gasteiger partial charge in [-0.3, -0.25) is 0 Å². The third-order valence-electron chi connectivity index (χ3n) is 22.8. The zero-order valence-corrected chi connectivity index (χ0v) is 72.2. The molecule has 3 heteroatoms. The van der Waals surface area contributed by atoms with Crippen LogP contribution in [0.15, 0.2) is 182 Å². The number of fused-ring (bicyclic) bond motifs is 9. The topological polar surface area (TPSA) is 14.8 Å². The summed E-state index contributed by atoms with van der Waals surface area (Å²) in [6, 6.07) is 71.0. The van der Waals surface area contributed by atoms with Gasteiger partial charge in [0.1, 0.15) is 0 Å². The summed E-state index contributed by atoms with van der Waals surface area (Å²) < 4.78 is 7.70. The predicted molar refractivity (Wildman–Crippen MR) is 472 cm³/mol. The molecule has 107 heavy (non-hydrogen) atoms. The van der Waals surface area contributed by atoms with Gasteiger partial charge in [0.2, 0.25) is 0 Å². The van der Waals surface area contributed by atoms with Crippen LogP contribution in [0.5, 0.6) is 0 Å². The highest BCUT2D eigenvalue weighted by atomic mass is 15.0. The van der Waals surface area contributed by atoms with E-state index >= 15 is 0 Å². The van der Waals surface area contributed by atoms with E-state index < -0.39 is 0 Å². The van der Waals surface area contributed by atoms with Gasteiger partial charge in [0, 0.05) is 43.7 Å². The fourth-order valence-corrected chi connectivity index (χ4v) is 16.4. The van der Waals surface area contributed by atoms with Gasteiger partial charge in [0.25, 0.3) is 0 Å². The van der Waals surface area contributed by atoms with Gasteiger partial charge in [0.15, 0.2) is 0 Å². The van der Waals surface area contributed by atoms with Crippen LogP contribution in [0.25, 0.3) is 105 Å². The van der Waals surface area contributed by atoms with E-state index in [0.717, 1.165) is 0 Å². The molecule has 0 aliphatic carbocycles. The third kappa shape index (κ3) is 14.8. The van der Waals surface area contributed by atoms with E-state index in [1.165, 1.54) is 166 Å². The molecule has 13 rings (SSSR count). The lowest BCUT2D eigenvalue weighted by molar-refractivity contribution is 0.535. The summed E-state index contributed by atoms with van der Waals surface area (Å²) in [5.74, 6) is 0. The monoisotopic (exact) mass is 1420 g/mol. The minimum Gasteiger partial charge on any atom is -0.309 e. The van der Waals surface area contributed by atoms with E-state index in [1.807, 2.05) is 0 Å². The van der Waals surface area contributed by atoms with Crippen molar-refractivity contribution in [1.82, 2.24) is 13.7 Å². The van der Waals surface area contributed by atoms with Gasteiger partial charge in [-0.1, -0.05) is 344 Å². The lowest BCUT2D eigenvalue weighted by Crippen LogP contribution is -2.22. The molecule has 0 atom stereocenters. The van der Waals surface area contributed by atoms with Crippen LogP contribution in [-0.2, 0) is 59.6 Å². The molecule has 560 valence electrons. The molecular formula is C104H129N3. The van der Waals surface area contributed by atoms with Crippen LogP contribution < -0.4 is 0 Å². The third-order valence-corrected chi connectivity index (χ3v) is 22.8.